The van der Waals surface area contributed by atoms with E-state index in [0.29, 0.717) is 51.7 Å². The van der Waals surface area contributed by atoms with Crippen LogP contribution in [0.1, 0.15) is 64.9 Å². The third-order valence-corrected chi connectivity index (χ3v) is 14.2. The molecule has 0 radical (unpaired) electrons. The number of hydrogen-bond donors (Lipinski definition) is 2. The van der Waals surface area contributed by atoms with Crippen molar-refractivity contribution in [3.05, 3.63) is 101 Å². The molecule has 2 heterocycles. The molecule has 11 heteroatoms. The Hall–Kier alpha value is -4.37. The topological polar surface area (TPSA) is 119 Å². The van der Waals surface area contributed by atoms with Crippen LogP contribution in [0.5, 0.6) is 5.75 Å². The lowest BCUT2D eigenvalue weighted by atomic mass is 10.1. The number of para-hydroxylation sites is 1. The Kier molecular flexibility index (Phi) is 11.1. The van der Waals surface area contributed by atoms with Gasteiger partial charge in [0.05, 0.1) is 16.2 Å². The number of carbonyl (C=O) groups excluding carboxylic acids is 2. The third-order valence-electron chi connectivity index (χ3n) is 7.75. The summed E-state index contributed by atoms with van der Waals surface area (Å²) in [6.45, 7) is 13.4. The fourth-order valence-electron chi connectivity index (χ4n) is 4.22. The van der Waals surface area contributed by atoms with Crippen LogP contribution in [0, 0.1) is 18.8 Å². The number of aromatic nitrogens is 3. The van der Waals surface area contributed by atoms with Crippen molar-refractivity contribution in [3.8, 4) is 17.6 Å². The summed E-state index contributed by atoms with van der Waals surface area (Å²) in [4.78, 5) is 30.9. The van der Waals surface area contributed by atoms with Crippen LogP contribution in [-0.2, 0) is 22.2 Å². The minimum Gasteiger partial charge on any atom is -0.507 e. The van der Waals surface area contributed by atoms with Gasteiger partial charge in [-0.2, -0.15) is 9.46 Å². The predicted molar refractivity (Wildman–Crippen MR) is 186 cm³/mol. The molecular formula is C35H41N5O4SSi. The summed E-state index contributed by atoms with van der Waals surface area (Å²) >= 11 is 0. The second-order valence-corrected chi connectivity index (χ2v) is 19.0. The molecule has 0 saturated carbocycles. The molecule has 0 bridgehead atoms. The second kappa shape index (κ2) is 14.8. The van der Waals surface area contributed by atoms with Gasteiger partial charge in [0.2, 0.25) is 0 Å². The molecule has 2 N–H and O–H groups in total. The molecule has 0 fully saturated rings. The van der Waals surface area contributed by atoms with E-state index in [9.17, 15) is 14.7 Å². The molecular weight excluding hydrogens is 615 g/mol. The Labute approximate surface area is 274 Å². The van der Waals surface area contributed by atoms with Gasteiger partial charge in [-0.05, 0) is 73.9 Å². The van der Waals surface area contributed by atoms with E-state index >= 15 is 0 Å². The Balaban J connectivity index is 1.50. The number of aryl methyl sites for hydroxylation is 2. The number of pyridine rings is 1. The fourth-order valence-corrected chi connectivity index (χ4v) is 6.96. The third kappa shape index (κ3) is 9.10. The summed E-state index contributed by atoms with van der Waals surface area (Å²) < 4.78 is 12.4. The number of nitrogens with one attached hydrogen (secondary N) is 1. The first-order valence-electron chi connectivity index (χ1n) is 15.0. The lowest BCUT2D eigenvalue weighted by Crippen LogP contribution is -2.41. The minimum absolute atomic E-state index is 0.103. The molecule has 9 nitrogen and oxygen atoms in total. The molecule has 4 rings (SSSR count). The number of nitrogens with zero attached hydrogens (tertiary/aromatic N) is 4. The zero-order chi connectivity index (χ0) is 33.5. The number of phenols is 1. The number of phenolic OH excluding ortho intramolecular Hbond substituents is 1. The molecule has 2 amide bonds. The zero-order valence-electron chi connectivity index (χ0n) is 27.4. The van der Waals surface area contributed by atoms with E-state index in [1.54, 1.807) is 55.7 Å². The van der Waals surface area contributed by atoms with Crippen molar-refractivity contribution in [1.29, 1.82) is 0 Å². The average molecular weight is 656 g/mol. The van der Waals surface area contributed by atoms with Gasteiger partial charge in [0.25, 0.3) is 11.8 Å². The quantitative estimate of drug-likeness (QED) is 0.115. The number of hydrogen-bond acceptors (Lipinski definition) is 6. The van der Waals surface area contributed by atoms with E-state index in [-0.39, 0.29) is 16.7 Å². The van der Waals surface area contributed by atoms with Gasteiger partial charge in [-0.25, -0.2) is 0 Å². The first-order chi connectivity index (χ1) is 21.7. The van der Waals surface area contributed by atoms with Gasteiger partial charge in [0, 0.05) is 48.6 Å². The van der Waals surface area contributed by atoms with Crippen LogP contribution in [0.25, 0.3) is 0 Å². The van der Waals surface area contributed by atoms with Crippen LogP contribution < -0.4 is 5.32 Å². The van der Waals surface area contributed by atoms with Gasteiger partial charge in [-0.1, -0.05) is 61.5 Å². The highest BCUT2D eigenvalue weighted by Gasteiger charge is 2.36. The van der Waals surface area contributed by atoms with E-state index in [1.165, 1.54) is 10.9 Å². The summed E-state index contributed by atoms with van der Waals surface area (Å²) in [6, 6.07) is 17.6. The standard InChI is InChI=1S/C35H41N5O4SSi/c1-25-20-30(40(5)38-25)34(43)37-29-13-10-12-26(22-29)16-17-27-21-28(24-36-23-27)33(42)39-45(32-15-9-8-14-31(32)41)19-11-18-44-46(6,7)35(2,3)4/h8-10,12-15,20-24,41H,11,18-19H2,1-7H3,(H,37,43). The van der Waals surface area contributed by atoms with E-state index < -0.39 is 24.9 Å². The van der Waals surface area contributed by atoms with E-state index in [0.717, 1.165) is 5.69 Å². The van der Waals surface area contributed by atoms with Gasteiger partial charge < -0.3 is 14.8 Å². The fraction of sp³-hybridized carbons (Fsp3) is 0.314. The Morgan fingerprint density at radius 3 is 2.48 bits per heavy atom. The van der Waals surface area contributed by atoms with Crippen LogP contribution in [-0.4, -0.2) is 52.4 Å². The van der Waals surface area contributed by atoms with Crippen molar-refractivity contribution >= 4 is 36.5 Å². The average Bonchev–Trinajstić information content (AvgIpc) is 3.35. The molecule has 0 spiro atoms. The van der Waals surface area contributed by atoms with E-state index in [4.69, 9.17) is 4.43 Å². The highest BCUT2D eigenvalue weighted by molar-refractivity contribution is 7.87. The molecule has 46 heavy (non-hydrogen) atoms. The zero-order valence-corrected chi connectivity index (χ0v) is 29.2. The number of aromatic hydroxyl groups is 1. The first kappa shape index (κ1) is 34.5. The van der Waals surface area contributed by atoms with Crippen molar-refractivity contribution < 1.29 is 19.1 Å². The van der Waals surface area contributed by atoms with E-state index in [1.807, 2.05) is 25.1 Å². The van der Waals surface area contributed by atoms with Crippen LogP contribution in [0.2, 0.25) is 18.1 Å². The summed E-state index contributed by atoms with van der Waals surface area (Å²) in [5.74, 6) is 6.13. The van der Waals surface area contributed by atoms with Gasteiger partial charge >= 0.3 is 0 Å². The number of carbonyl (C=O) groups is 2. The van der Waals surface area contributed by atoms with E-state index in [2.05, 4.69) is 65.5 Å². The lowest BCUT2D eigenvalue weighted by Gasteiger charge is -2.36. The predicted octanol–water partition coefficient (Wildman–Crippen LogP) is 6.89. The molecule has 2 aromatic carbocycles. The molecule has 0 aliphatic heterocycles. The highest BCUT2D eigenvalue weighted by atomic mass is 32.2. The molecule has 4 aromatic rings. The molecule has 1 atom stereocenters. The van der Waals surface area contributed by atoms with Crippen molar-refractivity contribution in [2.24, 2.45) is 11.4 Å². The number of amides is 2. The molecule has 0 saturated heterocycles. The maximum Gasteiger partial charge on any atom is 0.284 e. The molecule has 2 aromatic heterocycles. The number of benzene rings is 2. The first-order valence-corrected chi connectivity index (χ1v) is 19.3. The molecule has 0 aliphatic carbocycles. The van der Waals surface area contributed by atoms with Crippen LogP contribution in [0.4, 0.5) is 5.69 Å². The molecule has 1 unspecified atom stereocenters. The van der Waals surface area contributed by atoms with Crippen LogP contribution in [0.15, 0.2) is 82.3 Å². The van der Waals surface area contributed by atoms with Gasteiger partial charge in [-0.3, -0.25) is 19.3 Å². The smallest absolute Gasteiger partial charge is 0.284 e. The Morgan fingerprint density at radius 2 is 1.78 bits per heavy atom. The molecule has 240 valence electrons. The van der Waals surface area contributed by atoms with Crippen LogP contribution >= 0.6 is 0 Å². The highest BCUT2D eigenvalue weighted by Crippen LogP contribution is 2.36. The monoisotopic (exact) mass is 655 g/mol. The minimum atomic E-state index is -1.90. The van der Waals surface area contributed by atoms with Crippen molar-refractivity contribution in [1.82, 2.24) is 14.8 Å². The van der Waals surface area contributed by atoms with Gasteiger partial charge in [0.15, 0.2) is 8.32 Å². The van der Waals surface area contributed by atoms with Crippen LogP contribution in [0.3, 0.4) is 0 Å². The normalized spacial score (nSPS) is 12.3. The largest absolute Gasteiger partial charge is 0.507 e. The van der Waals surface area contributed by atoms with Gasteiger partial charge in [0.1, 0.15) is 11.4 Å². The lowest BCUT2D eigenvalue weighted by molar-refractivity contribution is 0.1000. The summed E-state index contributed by atoms with van der Waals surface area (Å²) in [5.41, 5.74) is 3.35. The number of anilines is 1. The molecule has 0 aliphatic rings. The van der Waals surface area contributed by atoms with Gasteiger partial charge in [-0.15, -0.1) is 0 Å². The Bertz CT molecular complexity index is 1830. The maximum atomic E-state index is 13.4. The summed E-state index contributed by atoms with van der Waals surface area (Å²) in [6.07, 6.45) is 3.76. The maximum absolute atomic E-state index is 13.4. The number of rotatable bonds is 9. The van der Waals surface area contributed by atoms with Crippen molar-refractivity contribution in [2.45, 2.75) is 57.1 Å². The summed E-state index contributed by atoms with van der Waals surface area (Å²) in [7, 11) is -1.06. The van der Waals surface area contributed by atoms with Crippen molar-refractivity contribution in [3.63, 3.8) is 0 Å². The SMILES string of the molecule is Cc1cc(C(=O)Nc2cccc(C#Cc3cncc(C(=O)N=S(CCCO[Si](C)(C)C(C)(C)C)c4ccccc4O)c3)c2)n(C)n1. The Morgan fingerprint density at radius 1 is 1.04 bits per heavy atom. The van der Waals surface area contributed by atoms with Crippen molar-refractivity contribution in [2.75, 3.05) is 17.7 Å². The second-order valence-electron chi connectivity index (χ2n) is 12.4. The summed E-state index contributed by atoms with van der Waals surface area (Å²) in [5, 5.41) is 17.8.